The van der Waals surface area contributed by atoms with Crippen molar-refractivity contribution in [3.63, 3.8) is 0 Å². The van der Waals surface area contributed by atoms with Gasteiger partial charge in [-0.1, -0.05) is 36.2 Å². The van der Waals surface area contributed by atoms with Gasteiger partial charge in [0.1, 0.15) is 0 Å². The zero-order chi connectivity index (χ0) is 15.7. The van der Waals surface area contributed by atoms with E-state index in [0.717, 1.165) is 30.4 Å². The third-order valence-electron chi connectivity index (χ3n) is 4.49. The summed E-state index contributed by atoms with van der Waals surface area (Å²) < 4.78 is 0. The van der Waals surface area contributed by atoms with Crippen LogP contribution in [0, 0.1) is 6.92 Å². The highest BCUT2D eigenvalue weighted by atomic mass is 32.2. The molecule has 2 N–H and O–H groups in total. The van der Waals surface area contributed by atoms with E-state index in [0.29, 0.717) is 10.8 Å². The van der Waals surface area contributed by atoms with E-state index in [-0.39, 0.29) is 23.4 Å². The summed E-state index contributed by atoms with van der Waals surface area (Å²) >= 11 is 1.68. The van der Waals surface area contributed by atoms with E-state index in [1.807, 2.05) is 19.1 Å². The van der Waals surface area contributed by atoms with Crippen LogP contribution in [-0.4, -0.2) is 22.2 Å². The first-order chi connectivity index (χ1) is 10.6. The third-order valence-corrected chi connectivity index (χ3v) is 5.87. The Bertz CT molecular complexity index is 633. The minimum absolute atomic E-state index is 0.0666. The topological polar surface area (TPSA) is 60.2 Å². The Morgan fingerprint density at radius 3 is 2.64 bits per heavy atom. The van der Waals surface area contributed by atoms with E-state index >= 15 is 0 Å². The number of rotatable bonds is 4. The quantitative estimate of drug-likeness (QED) is 0.683. The highest BCUT2D eigenvalue weighted by Crippen LogP contribution is 2.44. The molecule has 4 heteroatoms. The molecule has 0 radical (unpaired) electrons. The zero-order valence-corrected chi connectivity index (χ0v) is 13.6. The number of thioether (sulfide) groups is 1. The fourth-order valence-electron chi connectivity index (χ4n) is 3.29. The average Bonchev–Trinajstić information content (AvgIpc) is 2.83. The first-order valence-electron chi connectivity index (χ1n) is 7.83. The van der Waals surface area contributed by atoms with Crippen LogP contribution in [0.3, 0.4) is 0 Å². The first kappa shape index (κ1) is 15.5. The molecule has 0 bridgehead atoms. The minimum Gasteiger partial charge on any atom is -0.316 e. The zero-order valence-electron chi connectivity index (χ0n) is 12.8. The second-order valence-corrected chi connectivity index (χ2v) is 7.47. The van der Waals surface area contributed by atoms with E-state index in [4.69, 9.17) is 5.73 Å². The minimum atomic E-state index is -0.253. The summed E-state index contributed by atoms with van der Waals surface area (Å²) in [5.41, 5.74) is 9.80. The van der Waals surface area contributed by atoms with Gasteiger partial charge in [0.2, 0.25) is 0 Å². The summed E-state index contributed by atoms with van der Waals surface area (Å²) in [6, 6.07) is 7.37. The molecule has 22 heavy (non-hydrogen) atoms. The van der Waals surface area contributed by atoms with Crippen LogP contribution in [0.1, 0.15) is 48.0 Å². The molecule has 1 aliphatic heterocycles. The van der Waals surface area contributed by atoms with E-state index in [9.17, 15) is 9.59 Å². The lowest BCUT2D eigenvalue weighted by molar-refractivity contribution is -0.114. The highest BCUT2D eigenvalue weighted by molar-refractivity contribution is 8.01. The number of hydrogen-bond acceptors (Lipinski definition) is 4. The number of Topliss-reactive ketones (excluding diaryl/α,β-unsaturated/α-hetero) is 2. The van der Waals surface area contributed by atoms with Crippen LogP contribution in [0.5, 0.6) is 0 Å². The number of ketones is 2. The molecule has 0 saturated heterocycles. The predicted molar refractivity (Wildman–Crippen MR) is 90.0 cm³/mol. The fourth-order valence-corrected chi connectivity index (χ4v) is 4.77. The van der Waals surface area contributed by atoms with Crippen LogP contribution < -0.4 is 5.73 Å². The predicted octanol–water partition coefficient (Wildman–Crippen LogP) is 3.41. The Kier molecular flexibility index (Phi) is 4.50. The van der Waals surface area contributed by atoms with Gasteiger partial charge in [0.05, 0.1) is 11.8 Å². The summed E-state index contributed by atoms with van der Waals surface area (Å²) in [6.07, 6.45) is 4.34. The van der Waals surface area contributed by atoms with Crippen molar-refractivity contribution in [2.45, 2.75) is 49.7 Å². The maximum atomic E-state index is 12.6. The fraction of sp³-hybridized carbons (Fsp3) is 0.444. The van der Waals surface area contributed by atoms with Crippen molar-refractivity contribution in [2.24, 2.45) is 5.73 Å². The summed E-state index contributed by atoms with van der Waals surface area (Å²) in [6.45, 7) is 1.98. The van der Waals surface area contributed by atoms with Gasteiger partial charge in [-0.2, -0.15) is 0 Å². The molecule has 1 aliphatic carbocycles. The van der Waals surface area contributed by atoms with Gasteiger partial charge in [-0.05, 0) is 31.8 Å². The Balaban J connectivity index is 1.76. The van der Waals surface area contributed by atoms with Crippen LogP contribution in [-0.2, 0) is 4.79 Å². The number of benzene rings is 1. The molecule has 0 spiro atoms. The molecule has 0 amide bonds. The third kappa shape index (κ3) is 3.03. The van der Waals surface area contributed by atoms with Crippen LogP contribution in [0.25, 0.3) is 0 Å². The first-order valence-corrected chi connectivity index (χ1v) is 8.77. The Labute approximate surface area is 135 Å². The maximum Gasteiger partial charge on any atom is 0.170 e. The standard InChI is InChI=1S/C18H21NO2S/c1-11-6-8-12(9-7-11)14(20)10-15(21)17-13-4-2-3-5-16(13)22-18(17)19/h6-9,16,18H,2-5,10,19H2,1H3. The molecule has 3 rings (SSSR count). The van der Waals surface area contributed by atoms with Gasteiger partial charge in [0.15, 0.2) is 11.6 Å². The molecular weight excluding hydrogens is 294 g/mol. The Morgan fingerprint density at radius 1 is 1.18 bits per heavy atom. The summed E-state index contributed by atoms with van der Waals surface area (Å²) in [4.78, 5) is 24.9. The second-order valence-electron chi connectivity index (χ2n) is 6.12. The molecule has 1 aromatic carbocycles. The summed E-state index contributed by atoms with van der Waals surface area (Å²) in [5.74, 6) is -0.195. The molecule has 2 unspecified atom stereocenters. The van der Waals surface area contributed by atoms with Crippen LogP contribution >= 0.6 is 11.8 Å². The smallest absolute Gasteiger partial charge is 0.170 e. The molecule has 0 aromatic heterocycles. The molecule has 116 valence electrons. The number of hydrogen-bond donors (Lipinski definition) is 1. The summed E-state index contributed by atoms with van der Waals surface area (Å²) in [7, 11) is 0. The van der Waals surface area contributed by atoms with E-state index in [1.54, 1.807) is 23.9 Å². The van der Waals surface area contributed by atoms with E-state index < -0.39 is 0 Å². The van der Waals surface area contributed by atoms with Crippen molar-refractivity contribution >= 4 is 23.3 Å². The lowest BCUT2D eigenvalue weighted by atomic mass is 9.88. The lowest BCUT2D eigenvalue weighted by Crippen LogP contribution is -2.23. The maximum absolute atomic E-state index is 12.6. The van der Waals surface area contributed by atoms with Gasteiger partial charge in [0.25, 0.3) is 0 Å². The Hall–Kier alpha value is -1.39. The number of fused-ring (bicyclic) bond motifs is 1. The number of nitrogens with two attached hydrogens (primary N) is 1. The van der Waals surface area contributed by atoms with Crippen LogP contribution in [0.15, 0.2) is 35.4 Å². The Morgan fingerprint density at radius 2 is 1.91 bits per heavy atom. The van der Waals surface area contributed by atoms with Gasteiger partial charge in [-0.25, -0.2) is 0 Å². The molecule has 1 heterocycles. The number of carbonyl (C=O) groups excluding carboxylic acids is 2. The van der Waals surface area contributed by atoms with Crippen LogP contribution in [0.2, 0.25) is 0 Å². The van der Waals surface area contributed by atoms with Gasteiger partial charge < -0.3 is 5.73 Å². The SMILES string of the molecule is Cc1ccc(C(=O)CC(=O)C2=C3CCCCC3SC2N)cc1. The van der Waals surface area contributed by atoms with Gasteiger partial charge in [-0.15, -0.1) is 11.8 Å². The highest BCUT2D eigenvalue weighted by Gasteiger charge is 2.37. The van der Waals surface area contributed by atoms with Gasteiger partial charge >= 0.3 is 0 Å². The largest absolute Gasteiger partial charge is 0.316 e. The lowest BCUT2D eigenvalue weighted by Gasteiger charge is -2.19. The van der Waals surface area contributed by atoms with Crippen molar-refractivity contribution in [3.05, 3.63) is 46.5 Å². The molecule has 2 aliphatic rings. The van der Waals surface area contributed by atoms with E-state index in [1.165, 1.54) is 12.0 Å². The van der Waals surface area contributed by atoms with Crippen molar-refractivity contribution < 1.29 is 9.59 Å². The second kappa shape index (κ2) is 6.39. The molecular formula is C18H21NO2S. The van der Waals surface area contributed by atoms with Crippen molar-refractivity contribution in [2.75, 3.05) is 0 Å². The molecule has 2 atom stereocenters. The number of aryl methyl sites for hydroxylation is 1. The van der Waals surface area contributed by atoms with Crippen molar-refractivity contribution in [1.29, 1.82) is 0 Å². The van der Waals surface area contributed by atoms with E-state index in [2.05, 4.69) is 0 Å². The normalized spacial score (nSPS) is 24.3. The van der Waals surface area contributed by atoms with Gasteiger partial charge in [-0.3, -0.25) is 9.59 Å². The molecule has 1 fully saturated rings. The monoisotopic (exact) mass is 315 g/mol. The average molecular weight is 315 g/mol. The van der Waals surface area contributed by atoms with Gasteiger partial charge in [0, 0.05) is 16.4 Å². The molecule has 1 aromatic rings. The summed E-state index contributed by atoms with van der Waals surface area (Å²) in [5, 5.41) is 0.147. The molecule has 1 saturated carbocycles. The van der Waals surface area contributed by atoms with Crippen molar-refractivity contribution in [3.8, 4) is 0 Å². The molecule has 3 nitrogen and oxygen atoms in total. The van der Waals surface area contributed by atoms with Crippen LogP contribution in [0.4, 0.5) is 0 Å². The van der Waals surface area contributed by atoms with Crippen molar-refractivity contribution in [1.82, 2.24) is 0 Å². The number of carbonyl (C=O) groups is 2.